The summed E-state index contributed by atoms with van der Waals surface area (Å²) >= 11 is 0. The van der Waals surface area contributed by atoms with Gasteiger partial charge in [-0.05, 0) is 37.1 Å². The lowest BCUT2D eigenvalue weighted by Crippen LogP contribution is -2.23. The normalized spacial score (nSPS) is 10.2. The van der Waals surface area contributed by atoms with Gasteiger partial charge < -0.3 is 11.1 Å². The van der Waals surface area contributed by atoms with E-state index in [0.29, 0.717) is 17.8 Å². The first-order valence-corrected chi connectivity index (χ1v) is 6.26. The molecule has 3 heteroatoms. The van der Waals surface area contributed by atoms with E-state index < -0.39 is 0 Å². The van der Waals surface area contributed by atoms with E-state index in [0.717, 1.165) is 11.1 Å². The van der Waals surface area contributed by atoms with Crippen molar-refractivity contribution in [3.63, 3.8) is 0 Å². The molecular weight excluding hydrogens is 236 g/mol. The van der Waals surface area contributed by atoms with Gasteiger partial charge in [-0.2, -0.15) is 0 Å². The molecule has 3 N–H and O–H groups in total. The van der Waals surface area contributed by atoms with Crippen LogP contribution in [-0.4, -0.2) is 5.91 Å². The number of hydrogen-bond donors (Lipinski definition) is 2. The van der Waals surface area contributed by atoms with E-state index in [1.807, 2.05) is 44.2 Å². The third-order valence-electron chi connectivity index (χ3n) is 3.03. The second-order valence-electron chi connectivity index (χ2n) is 4.76. The molecule has 19 heavy (non-hydrogen) atoms. The standard InChI is InChI=1S/C16H18N2O/c1-11-3-6-13(7-4-11)10-18-16(19)14-8-5-12(2)9-15(14)17/h3-9H,10,17H2,1-2H3,(H,18,19). The van der Waals surface area contributed by atoms with E-state index in [4.69, 9.17) is 5.73 Å². The van der Waals surface area contributed by atoms with Crippen molar-refractivity contribution in [2.24, 2.45) is 0 Å². The zero-order valence-corrected chi connectivity index (χ0v) is 11.2. The zero-order chi connectivity index (χ0) is 13.8. The molecule has 0 saturated carbocycles. The fourth-order valence-corrected chi connectivity index (χ4v) is 1.87. The number of nitrogen functional groups attached to an aromatic ring is 1. The summed E-state index contributed by atoms with van der Waals surface area (Å²) in [6, 6.07) is 13.5. The largest absolute Gasteiger partial charge is 0.398 e. The molecule has 0 aromatic heterocycles. The van der Waals surface area contributed by atoms with E-state index in [1.165, 1.54) is 5.56 Å². The SMILES string of the molecule is Cc1ccc(CNC(=O)c2ccc(C)cc2N)cc1. The van der Waals surface area contributed by atoms with Gasteiger partial charge >= 0.3 is 0 Å². The number of amides is 1. The van der Waals surface area contributed by atoms with Crippen molar-refractivity contribution in [2.75, 3.05) is 5.73 Å². The molecule has 0 bridgehead atoms. The molecule has 0 saturated heterocycles. The number of aryl methyl sites for hydroxylation is 2. The third-order valence-corrected chi connectivity index (χ3v) is 3.03. The van der Waals surface area contributed by atoms with Crippen LogP contribution >= 0.6 is 0 Å². The van der Waals surface area contributed by atoms with Crippen LogP contribution in [0.3, 0.4) is 0 Å². The van der Waals surface area contributed by atoms with Crippen molar-refractivity contribution >= 4 is 11.6 Å². The second kappa shape index (κ2) is 5.57. The highest BCUT2D eigenvalue weighted by molar-refractivity contribution is 5.99. The van der Waals surface area contributed by atoms with Gasteiger partial charge in [0.05, 0.1) is 5.56 Å². The minimum absolute atomic E-state index is 0.141. The van der Waals surface area contributed by atoms with Gasteiger partial charge in [-0.1, -0.05) is 35.9 Å². The summed E-state index contributed by atoms with van der Waals surface area (Å²) in [6.45, 7) is 4.49. The van der Waals surface area contributed by atoms with Gasteiger partial charge in [0, 0.05) is 12.2 Å². The molecule has 3 nitrogen and oxygen atoms in total. The number of nitrogens with two attached hydrogens (primary N) is 1. The fourth-order valence-electron chi connectivity index (χ4n) is 1.87. The third kappa shape index (κ3) is 3.35. The Hall–Kier alpha value is -2.29. The number of rotatable bonds is 3. The summed E-state index contributed by atoms with van der Waals surface area (Å²) in [5.74, 6) is -0.141. The average molecular weight is 254 g/mol. The molecule has 1 amide bonds. The number of hydrogen-bond acceptors (Lipinski definition) is 2. The molecule has 0 aliphatic heterocycles. The Labute approximate surface area is 113 Å². The van der Waals surface area contributed by atoms with E-state index >= 15 is 0 Å². The Bertz CT molecular complexity index is 588. The van der Waals surface area contributed by atoms with Gasteiger partial charge in [-0.3, -0.25) is 4.79 Å². The van der Waals surface area contributed by atoms with Crippen molar-refractivity contribution in [1.29, 1.82) is 0 Å². The number of anilines is 1. The van der Waals surface area contributed by atoms with Crippen molar-refractivity contribution < 1.29 is 4.79 Å². The van der Waals surface area contributed by atoms with Gasteiger partial charge in [0.2, 0.25) is 0 Å². The summed E-state index contributed by atoms with van der Waals surface area (Å²) in [4.78, 5) is 12.0. The Kier molecular flexibility index (Phi) is 3.85. The second-order valence-corrected chi connectivity index (χ2v) is 4.76. The lowest BCUT2D eigenvalue weighted by Gasteiger charge is -2.08. The first-order valence-electron chi connectivity index (χ1n) is 6.26. The van der Waals surface area contributed by atoms with Gasteiger partial charge in [-0.15, -0.1) is 0 Å². The predicted molar refractivity (Wildman–Crippen MR) is 77.9 cm³/mol. The molecular formula is C16H18N2O. The lowest BCUT2D eigenvalue weighted by atomic mass is 10.1. The topological polar surface area (TPSA) is 55.1 Å². The van der Waals surface area contributed by atoms with E-state index in [1.54, 1.807) is 12.1 Å². The van der Waals surface area contributed by atoms with Crippen LogP contribution in [0.25, 0.3) is 0 Å². The van der Waals surface area contributed by atoms with Gasteiger partial charge in [0.15, 0.2) is 0 Å². The summed E-state index contributed by atoms with van der Waals surface area (Å²) in [6.07, 6.45) is 0. The molecule has 0 heterocycles. The highest BCUT2D eigenvalue weighted by Crippen LogP contribution is 2.13. The van der Waals surface area contributed by atoms with Gasteiger partial charge in [0.1, 0.15) is 0 Å². The van der Waals surface area contributed by atoms with Crippen LogP contribution in [0.2, 0.25) is 0 Å². The van der Waals surface area contributed by atoms with E-state index in [9.17, 15) is 4.79 Å². The minimum Gasteiger partial charge on any atom is -0.398 e. The molecule has 98 valence electrons. The molecule has 2 aromatic rings. The van der Waals surface area contributed by atoms with Crippen LogP contribution in [0.5, 0.6) is 0 Å². The maximum Gasteiger partial charge on any atom is 0.253 e. The molecule has 0 spiro atoms. The van der Waals surface area contributed by atoms with Crippen molar-refractivity contribution in [2.45, 2.75) is 20.4 Å². The summed E-state index contributed by atoms with van der Waals surface area (Å²) in [5, 5.41) is 2.88. The van der Waals surface area contributed by atoms with Crippen LogP contribution in [0.15, 0.2) is 42.5 Å². The minimum atomic E-state index is -0.141. The quantitative estimate of drug-likeness (QED) is 0.827. The van der Waals surface area contributed by atoms with Crippen LogP contribution in [-0.2, 0) is 6.54 Å². The molecule has 0 atom stereocenters. The van der Waals surface area contributed by atoms with Gasteiger partial charge in [0.25, 0.3) is 5.91 Å². The fraction of sp³-hybridized carbons (Fsp3) is 0.188. The van der Waals surface area contributed by atoms with Crippen LogP contribution in [0.1, 0.15) is 27.0 Å². The highest BCUT2D eigenvalue weighted by atomic mass is 16.1. The van der Waals surface area contributed by atoms with Crippen LogP contribution < -0.4 is 11.1 Å². The number of carbonyl (C=O) groups excluding carboxylic acids is 1. The molecule has 0 aliphatic carbocycles. The molecule has 0 radical (unpaired) electrons. The van der Waals surface area contributed by atoms with Crippen LogP contribution in [0.4, 0.5) is 5.69 Å². The molecule has 0 unspecified atom stereocenters. The smallest absolute Gasteiger partial charge is 0.253 e. The highest BCUT2D eigenvalue weighted by Gasteiger charge is 2.08. The zero-order valence-electron chi connectivity index (χ0n) is 11.2. The number of nitrogens with one attached hydrogen (secondary N) is 1. The molecule has 0 fully saturated rings. The molecule has 2 rings (SSSR count). The number of benzene rings is 2. The van der Waals surface area contributed by atoms with Crippen molar-refractivity contribution in [3.8, 4) is 0 Å². The summed E-state index contributed by atoms with van der Waals surface area (Å²) < 4.78 is 0. The lowest BCUT2D eigenvalue weighted by molar-refractivity contribution is 0.0952. The maximum atomic E-state index is 12.0. The first-order chi connectivity index (χ1) is 9.06. The Morgan fingerprint density at radius 1 is 1.05 bits per heavy atom. The maximum absolute atomic E-state index is 12.0. The van der Waals surface area contributed by atoms with E-state index in [2.05, 4.69) is 5.32 Å². The van der Waals surface area contributed by atoms with E-state index in [-0.39, 0.29) is 5.91 Å². The Morgan fingerprint density at radius 2 is 1.68 bits per heavy atom. The monoisotopic (exact) mass is 254 g/mol. The van der Waals surface area contributed by atoms with Crippen molar-refractivity contribution in [3.05, 3.63) is 64.7 Å². The predicted octanol–water partition coefficient (Wildman–Crippen LogP) is 2.82. The summed E-state index contributed by atoms with van der Waals surface area (Å²) in [5.41, 5.74) is 10.2. The molecule has 2 aromatic carbocycles. The first kappa shape index (κ1) is 13.1. The van der Waals surface area contributed by atoms with Crippen molar-refractivity contribution in [1.82, 2.24) is 5.32 Å². The van der Waals surface area contributed by atoms with Crippen LogP contribution in [0, 0.1) is 13.8 Å². The summed E-state index contributed by atoms with van der Waals surface area (Å²) in [7, 11) is 0. The molecule has 0 aliphatic rings. The Morgan fingerprint density at radius 3 is 2.32 bits per heavy atom. The average Bonchev–Trinajstić information content (AvgIpc) is 2.37. The van der Waals surface area contributed by atoms with Gasteiger partial charge in [-0.25, -0.2) is 0 Å². The number of carbonyl (C=O) groups is 1. The Balaban J connectivity index is 2.03.